The van der Waals surface area contributed by atoms with Crippen LogP contribution < -0.4 is 0 Å². The van der Waals surface area contributed by atoms with Crippen LogP contribution in [0.4, 0.5) is 0 Å². The Labute approximate surface area is 74.8 Å². The molecule has 2 nitrogen and oxygen atoms in total. The van der Waals surface area contributed by atoms with E-state index >= 15 is 0 Å². The van der Waals surface area contributed by atoms with Crippen LogP contribution >= 0.6 is 15.9 Å². The van der Waals surface area contributed by atoms with Crippen molar-refractivity contribution in [1.82, 2.24) is 4.98 Å². The lowest BCUT2D eigenvalue weighted by molar-refractivity contribution is 0.112. The van der Waals surface area contributed by atoms with Crippen molar-refractivity contribution in [1.29, 1.82) is 0 Å². The molecule has 0 unspecified atom stereocenters. The van der Waals surface area contributed by atoms with Gasteiger partial charge in [-0.2, -0.15) is 0 Å². The molecule has 0 saturated heterocycles. The van der Waals surface area contributed by atoms with E-state index in [9.17, 15) is 4.79 Å². The minimum Gasteiger partial charge on any atom is -0.298 e. The molecule has 0 bridgehead atoms. The molecule has 0 spiro atoms. The largest absolute Gasteiger partial charge is 0.298 e. The zero-order valence-corrected chi connectivity index (χ0v) is 7.05. The molecule has 3 heteroatoms. The van der Waals surface area contributed by atoms with E-state index in [0.717, 1.165) is 16.6 Å². The van der Waals surface area contributed by atoms with Gasteiger partial charge in [0, 0.05) is 11.3 Å². The van der Waals surface area contributed by atoms with Crippen LogP contribution in [0, 0.1) is 6.92 Å². The molecule has 0 amide bonds. The fourth-order valence-electron chi connectivity index (χ4n) is 0.666. The minimum atomic E-state index is 0. The highest BCUT2D eigenvalue weighted by Crippen LogP contribution is 2.08. The molecular weight excluding hydrogens is 206 g/mol. The fraction of sp³-hybridized carbons (Fsp3) is 0.250. The average Bonchev–Trinajstić information content (AvgIpc) is 1.88. The number of pyridine rings is 1. The van der Waals surface area contributed by atoms with E-state index in [2.05, 4.69) is 20.9 Å². The third-order valence-electron chi connectivity index (χ3n) is 1.22. The number of aryl methyl sites for hydroxylation is 1. The van der Waals surface area contributed by atoms with E-state index in [1.807, 2.05) is 0 Å². The number of aldehydes is 1. The van der Waals surface area contributed by atoms with Crippen LogP contribution in [-0.4, -0.2) is 11.3 Å². The minimum absolute atomic E-state index is 0. The van der Waals surface area contributed by atoms with E-state index in [1.54, 1.807) is 19.1 Å². The van der Waals surface area contributed by atoms with Crippen molar-refractivity contribution < 1.29 is 4.79 Å². The molecule has 0 aliphatic heterocycles. The molecule has 0 fully saturated rings. The van der Waals surface area contributed by atoms with E-state index in [1.165, 1.54) is 0 Å². The second-order valence-corrected chi connectivity index (χ2v) is 2.74. The molecule has 0 aromatic carbocycles. The highest BCUT2D eigenvalue weighted by Gasteiger charge is 1.96. The summed E-state index contributed by atoms with van der Waals surface area (Å²) >= 11 is 3.20. The van der Waals surface area contributed by atoms with E-state index in [4.69, 9.17) is 0 Å². The Bertz CT molecular complexity index is 260. The van der Waals surface area contributed by atoms with Crippen LogP contribution in [0.15, 0.2) is 16.7 Å². The van der Waals surface area contributed by atoms with Gasteiger partial charge in [-0.1, -0.05) is 7.43 Å². The molecule has 0 atom stereocenters. The molecular formula is C8H10BrNO. The predicted molar refractivity (Wildman–Crippen MR) is 48.8 cm³/mol. The Morgan fingerprint density at radius 3 is 2.64 bits per heavy atom. The molecule has 60 valence electrons. The molecule has 1 aromatic rings. The first-order valence-corrected chi connectivity index (χ1v) is 3.61. The first-order chi connectivity index (χ1) is 4.74. The van der Waals surface area contributed by atoms with Crippen LogP contribution in [0.1, 0.15) is 23.5 Å². The van der Waals surface area contributed by atoms with Gasteiger partial charge in [-0.15, -0.1) is 0 Å². The maximum atomic E-state index is 10.3. The Morgan fingerprint density at radius 2 is 2.18 bits per heavy atom. The van der Waals surface area contributed by atoms with Gasteiger partial charge in [-0.3, -0.25) is 4.79 Å². The first-order valence-electron chi connectivity index (χ1n) is 2.82. The molecule has 1 rings (SSSR count). The third kappa shape index (κ3) is 2.42. The van der Waals surface area contributed by atoms with Crippen LogP contribution in [0.25, 0.3) is 0 Å². The molecule has 0 saturated carbocycles. The van der Waals surface area contributed by atoms with Crippen LogP contribution in [0.5, 0.6) is 0 Å². The quantitative estimate of drug-likeness (QED) is 0.533. The van der Waals surface area contributed by atoms with Crippen molar-refractivity contribution in [2.24, 2.45) is 0 Å². The highest BCUT2D eigenvalue weighted by atomic mass is 79.9. The standard InChI is InChI=1S/C7H6BrNO.CH4/c1-5-6(4-10)2-3-7(8)9-5;/h2-4H,1H3;1H4. The normalized spacial score (nSPS) is 8.55. The van der Waals surface area contributed by atoms with Gasteiger partial charge in [0.2, 0.25) is 0 Å². The third-order valence-corrected chi connectivity index (χ3v) is 1.66. The lowest BCUT2D eigenvalue weighted by Crippen LogP contribution is -1.89. The van der Waals surface area contributed by atoms with Crippen molar-refractivity contribution in [2.45, 2.75) is 14.4 Å². The summed E-state index contributed by atoms with van der Waals surface area (Å²) in [7, 11) is 0. The highest BCUT2D eigenvalue weighted by molar-refractivity contribution is 9.10. The summed E-state index contributed by atoms with van der Waals surface area (Å²) in [5.41, 5.74) is 1.40. The van der Waals surface area contributed by atoms with Gasteiger partial charge >= 0.3 is 0 Å². The second kappa shape index (κ2) is 4.23. The average molecular weight is 216 g/mol. The van der Waals surface area contributed by atoms with E-state index in [0.29, 0.717) is 5.56 Å². The Kier molecular flexibility index (Phi) is 3.97. The molecule has 1 aromatic heterocycles. The van der Waals surface area contributed by atoms with Gasteiger partial charge in [-0.25, -0.2) is 4.98 Å². The number of carbonyl (C=O) groups is 1. The molecule has 0 aliphatic rings. The number of rotatable bonds is 1. The topological polar surface area (TPSA) is 30.0 Å². The van der Waals surface area contributed by atoms with Gasteiger partial charge in [0.25, 0.3) is 0 Å². The van der Waals surface area contributed by atoms with Crippen molar-refractivity contribution in [2.75, 3.05) is 0 Å². The van der Waals surface area contributed by atoms with E-state index < -0.39 is 0 Å². The van der Waals surface area contributed by atoms with Gasteiger partial charge in [0.15, 0.2) is 6.29 Å². The van der Waals surface area contributed by atoms with Crippen molar-refractivity contribution in [3.8, 4) is 0 Å². The van der Waals surface area contributed by atoms with Gasteiger partial charge in [-0.05, 0) is 35.0 Å². The smallest absolute Gasteiger partial charge is 0.151 e. The van der Waals surface area contributed by atoms with Crippen LogP contribution in [0.2, 0.25) is 0 Å². The SMILES string of the molecule is C.Cc1nc(Br)ccc1C=O. The van der Waals surface area contributed by atoms with Crippen molar-refractivity contribution >= 4 is 22.2 Å². The lowest BCUT2D eigenvalue weighted by Gasteiger charge is -1.95. The van der Waals surface area contributed by atoms with Crippen LogP contribution in [-0.2, 0) is 0 Å². The maximum Gasteiger partial charge on any atom is 0.151 e. The number of halogens is 1. The predicted octanol–water partition coefficient (Wildman–Crippen LogP) is 2.60. The molecule has 1 heterocycles. The summed E-state index contributed by atoms with van der Waals surface area (Å²) in [5.74, 6) is 0. The summed E-state index contributed by atoms with van der Waals surface area (Å²) in [4.78, 5) is 14.3. The summed E-state index contributed by atoms with van der Waals surface area (Å²) in [6, 6.07) is 3.48. The summed E-state index contributed by atoms with van der Waals surface area (Å²) in [6.45, 7) is 1.80. The summed E-state index contributed by atoms with van der Waals surface area (Å²) in [6.07, 6.45) is 0.800. The lowest BCUT2D eigenvalue weighted by atomic mass is 10.2. The zero-order valence-electron chi connectivity index (χ0n) is 5.47. The Morgan fingerprint density at radius 1 is 1.55 bits per heavy atom. The number of carbonyl (C=O) groups excluding carboxylic acids is 1. The maximum absolute atomic E-state index is 10.3. The number of hydrogen-bond acceptors (Lipinski definition) is 2. The molecule has 0 N–H and O–H groups in total. The van der Waals surface area contributed by atoms with Gasteiger partial charge in [0.05, 0.1) is 0 Å². The zero-order chi connectivity index (χ0) is 7.56. The van der Waals surface area contributed by atoms with Gasteiger partial charge in [0.1, 0.15) is 4.60 Å². The number of nitrogens with zero attached hydrogens (tertiary/aromatic N) is 1. The van der Waals surface area contributed by atoms with E-state index in [-0.39, 0.29) is 7.43 Å². The monoisotopic (exact) mass is 215 g/mol. The summed E-state index contributed by atoms with van der Waals surface area (Å²) < 4.78 is 0.760. The first kappa shape index (κ1) is 10.3. The Balaban J connectivity index is 0.000001000. The Hall–Kier alpha value is -0.700. The second-order valence-electron chi connectivity index (χ2n) is 1.93. The van der Waals surface area contributed by atoms with Gasteiger partial charge < -0.3 is 0 Å². The fourth-order valence-corrected chi connectivity index (χ4v) is 1.06. The van der Waals surface area contributed by atoms with Crippen LogP contribution in [0.3, 0.4) is 0 Å². The molecule has 0 aliphatic carbocycles. The number of aromatic nitrogens is 1. The van der Waals surface area contributed by atoms with Crippen molar-refractivity contribution in [3.05, 3.63) is 28.0 Å². The summed E-state index contributed by atoms with van der Waals surface area (Å²) in [5, 5.41) is 0. The number of hydrogen-bond donors (Lipinski definition) is 0. The van der Waals surface area contributed by atoms with Crippen molar-refractivity contribution in [3.63, 3.8) is 0 Å². The molecule has 0 radical (unpaired) electrons. The molecule has 11 heavy (non-hydrogen) atoms.